The van der Waals surface area contributed by atoms with Crippen LogP contribution in [-0.2, 0) is 16.6 Å². The monoisotopic (exact) mass is 308 g/mol. The number of aromatic amines is 1. The van der Waals surface area contributed by atoms with E-state index in [0.29, 0.717) is 5.56 Å². The van der Waals surface area contributed by atoms with Crippen LogP contribution in [0.4, 0.5) is 0 Å². The molecule has 0 aliphatic carbocycles. The van der Waals surface area contributed by atoms with E-state index in [1.165, 1.54) is 24.3 Å². The summed E-state index contributed by atoms with van der Waals surface area (Å²) in [4.78, 5) is 22.6. The highest BCUT2D eigenvalue weighted by molar-refractivity contribution is 7.89. The molecule has 0 radical (unpaired) electrons. The van der Waals surface area contributed by atoms with Crippen LogP contribution >= 0.6 is 0 Å². The average molecular weight is 308 g/mol. The molecule has 4 N–H and O–H groups in total. The molecule has 8 nitrogen and oxygen atoms in total. The fourth-order valence-electron chi connectivity index (χ4n) is 1.54. The molecular formula is C12H12N4O4S. The van der Waals surface area contributed by atoms with E-state index in [1.807, 2.05) is 0 Å². The van der Waals surface area contributed by atoms with Gasteiger partial charge in [0.15, 0.2) is 0 Å². The van der Waals surface area contributed by atoms with Crippen molar-refractivity contribution >= 4 is 15.9 Å². The molecule has 2 aromatic rings. The van der Waals surface area contributed by atoms with Crippen molar-refractivity contribution in [2.24, 2.45) is 5.14 Å². The molecule has 0 fully saturated rings. The number of nitrogens with two attached hydrogens (primary N) is 1. The van der Waals surface area contributed by atoms with Gasteiger partial charge in [0.1, 0.15) is 5.69 Å². The number of primary sulfonamides is 1. The smallest absolute Gasteiger partial charge is 0.271 e. The lowest BCUT2D eigenvalue weighted by atomic mass is 10.2. The molecule has 0 spiro atoms. The lowest BCUT2D eigenvalue weighted by Crippen LogP contribution is -2.25. The van der Waals surface area contributed by atoms with Crippen LogP contribution in [0.5, 0.6) is 0 Å². The Hall–Kier alpha value is -2.52. The second kappa shape index (κ2) is 5.85. The highest BCUT2D eigenvalue weighted by Crippen LogP contribution is 2.08. The summed E-state index contributed by atoms with van der Waals surface area (Å²) in [6.45, 7) is 0.185. The first-order chi connectivity index (χ1) is 9.86. The molecule has 0 saturated carbocycles. The predicted molar refractivity (Wildman–Crippen MR) is 73.8 cm³/mol. The summed E-state index contributed by atoms with van der Waals surface area (Å²) in [5.74, 6) is -0.457. The lowest BCUT2D eigenvalue weighted by Gasteiger charge is -2.05. The van der Waals surface area contributed by atoms with E-state index in [-0.39, 0.29) is 17.1 Å². The quantitative estimate of drug-likeness (QED) is 0.689. The van der Waals surface area contributed by atoms with Crippen LogP contribution < -0.4 is 16.0 Å². The molecule has 0 saturated heterocycles. The third-order valence-electron chi connectivity index (χ3n) is 2.62. The molecule has 1 aromatic heterocycles. The van der Waals surface area contributed by atoms with Crippen molar-refractivity contribution in [3.8, 4) is 0 Å². The minimum Gasteiger partial charge on any atom is -0.347 e. The number of aromatic nitrogens is 2. The maximum Gasteiger partial charge on any atom is 0.271 e. The summed E-state index contributed by atoms with van der Waals surface area (Å²) in [6.07, 6.45) is 0. The fourth-order valence-corrected chi connectivity index (χ4v) is 2.06. The van der Waals surface area contributed by atoms with Crippen molar-refractivity contribution in [3.05, 3.63) is 58.0 Å². The Morgan fingerprint density at radius 3 is 2.38 bits per heavy atom. The molecule has 110 valence electrons. The molecule has 21 heavy (non-hydrogen) atoms. The number of carbonyl (C=O) groups is 1. The largest absolute Gasteiger partial charge is 0.347 e. The van der Waals surface area contributed by atoms with Crippen molar-refractivity contribution in [3.63, 3.8) is 0 Å². The molecule has 1 aromatic carbocycles. The van der Waals surface area contributed by atoms with Gasteiger partial charge >= 0.3 is 0 Å². The van der Waals surface area contributed by atoms with Gasteiger partial charge in [-0.15, -0.1) is 0 Å². The molecule has 0 aliphatic heterocycles. The number of sulfonamides is 1. The van der Waals surface area contributed by atoms with Gasteiger partial charge < -0.3 is 5.32 Å². The van der Waals surface area contributed by atoms with Gasteiger partial charge in [0.05, 0.1) is 4.90 Å². The van der Waals surface area contributed by atoms with Gasteiger partial charge in [0.2, 0.25) is 10.0 Å². The van der Waals surface area contributed by atoms with E-state index in [0.717, 1.165) is 0 Å². The van der Waals surface area contributed by atoms with Gasteiger partial charge in [-0.05, 0) is 23.8 Å². The van der Waals surface area contributed by atoms with E-state index in [4.69, 9.17) is 5.14 Å². The molecule has 0 unspecified atom stereocenters. The predicted octanol–water partition coefficient (Wildman–Crippen LogP) is -0.653. The van der Waals surface area contributed by atoms with E-state index in [2.05, 4.69) is 15.5 Å². The van der Waals surface area contributed by atoms with Gasteiger partial charge in [-0.1, -0.05) is 12.1 Å². The van der Waals surface area contributed by atoms with Gasteiger partial charge in [-0.25, -0.2) is 18.7 Å². The zero-order valence-corrected chi connectivity index (χ0v) is 11.6. The van der Waals surface area contributed by atoms with Gasteiger partial charge in [0, 0.05) is 12.6 Å². The molecular weight excluding hydrogens is 296 g/mol. The second-order valence-corrected chi connectivity index (χ2v) is 5.74. The van der Waals surface area contributed by atoms with Crippen LogP contribution in [0.1, 0.15) is 16.1 Å². The number of H-pyrrole nitrogens is 1. The zero-order chi connectivity index (χ0) is 15.5. The highest BCUT2D eigenvalue weighted by Gasteiger charge is 2.09. The number of amides is 1. The molecule has 0 atom stereocenters. The zero-order valence-electron chi connectivity index (χ0n) is 10.7. The maximum atomic E-state index is 11.7. The Kier molecular flexibility index (Phi) is 4.15. The van der Waals surface area contributed by atoms with Crippen LogP contribution in [-0.4, -0.2) is 24.5 Å². The summed E-state index contributed by atoms with van der Waals surface area (Å²) >= 11 is 0. The summed E-state index contributed by atoms with van der Waals surface area (Å²) in [5.41, 5.74) is 0.376. The molecule has 2 rings (SSSR count). The van der Waals surface area contributed by atoms with Crippen molar-refractivity contribution in [1.29, 1.82) is 0 Å². The fraction of sp³-hybridized carbons (Fsp3) is 0.0833. The first kappa shape index (κ1) is 14.9. The van der Waals surface area contributed by atoms with E-state index in [9.17, 15) is 18.0 Å². The second-order valence-electron chi connectivity index (χ2n) is 4.18. The molecule has 1 heterocycles. The SMILES string of the molecule is NS(=O)(=O)c1ccc(CNC(=O)c2ccc(=O)[nH]n2)cc1. The molecule has 1 amide bonds. The van der Waals surface area contributed by atoms with Crippen LogP contribution in [0.3, 0.4) is 0 Å². The first-order valence-corrected chi connectivity index (χ1v) is 7.36. The Balaban J connectivity index is 2.01. The summed E-state index contributed by atoms with van der Waals surface area (Å²) in [5, 5.41) is 13.3. The molecule has 9 heteroatoms. The van der Waals surface area contributed by atoms with Crippen molar-refractivity contribution in [2.75, 3.05) is 0 Å². The minimum atomic E-state index is -3.73. The third kappa shape index (κ3) is 3.97. The summed E-state index contributed by atoms with van der Waals surface area (Å²) in [7, 11) is -3.73. The Labute approximate surface area is 120 Å². The van der Waals surface area contributed by atoms with Crippen LogP contribution in [0.15, 0.2) is 46.1 Å². The van der Waals surface area contributed by atoms with Gasteiger partial charge in [-0.2, -0.15) is 5.10 Å². The third-order valence-corrected chi connectivity index (χ3v) is 3.55. The maximum absolute atomic E-state index is 11.7. The Morgan fingerprint density at radius 2 is 1.86 bits per heavy atom. The summed E-state index contributed by atoms with van der Waals surface area (Å²) < 4.78 is 22.2. The number of carbonyl (C=O) groups excluding carboxylic acids is 1. The number of hydrogen-bond donors (Lipinski definition) is 3. The van der Waals surface area contributed by atoms with Crippen LogP contribution in [0, 0.1) is 0 Å². The summed E-state index contributed by atoms with van der Waals surface area (Å²) in [6, 6.07) is 8.30. The standard InChI is InChI=1S/C12H12N4O4S/c13-21(19,20)9-3-1-8(2-4-9)7-14-12(18)10-5-6-11(17)16-15-10/h1-6H,7H2,(H,14,18)(H,16,17)(H2,13,19,20). The number of hydrogen-bond acceptors (Lipinski definition) is 5. The Bertz CT molecular complexity index is 791. The highest BCUT2D eigenvalue weighted by atomic mass is 32.2. The van der Waals surface area contributed by atoms with Crippen molar-refractivity contribution < 1.29 is 13.2 Å². The molecule has 0 bridgehead atoms. The number of benzene rings is 1. The molecule has 0 aliphatic rings. The van der Waals surface area contributed by atoms with Crippen LogP contribution in [0.2, 0.25) is 0 Å². The van der Waals surface area contributed by atoms with E-state index >= 15 is 0 Å². The van der Waals surface area contributed by atoms with Crippen molar-refractivity contribution in [1.82, 2.24) is 15.5 Å². The van der Waals surface area contributed by atoms with Crippen molar-refractivity contribution in [2.45, 2.75) is 11.4 Å². The first-order valence-electron chi connectivity index (χ1n) is 5.82. The number of rotatable bonds is 4. The van der Waals surface area contributed by atoms with E-state index in [1.54, 1.807) is 12.1 Å². The van der Waals surface area contributed by atoms with Gasteiger partial charge in [0.25, 0.3) is 11.5 Å². The van der Waals surface area contributed by atoms with Crippen LogP contribution in [0.25, 0.3) is 0 Å². The van der Waals surface area contributed by atoms with E-state index < -0.39 is 21.5 Å². The normalized spacial score (nSPS) is 11.1. The average Bonchev–Trinajstić information content (AvgIpc) is 2.45. The number of nitrogens with one attached hydrogen (secondary N) is 2. The topological polar surface area (TPSA) is 135 Å². The lowest BCUT2D eigenvalue weighted by molar-refractivity contribution is 0.0944. The minimum absolute atomic E-state index is 0.000113. The Morgan fingerprint density at radius 1 is 1.19 bits per heavy atom. The number of nitrogens with zero attached hydrogens (tertiary/aromatic N) is 1. The van der Waals surface area contributed by atoms with Gasteiger partial charge in [-0.3, -0.25) is 9.59 Å².